The van der Waals surface area contributed by atoms with Gasteiger partial charge in [-0.05, 0) is 37.8 Å². The van der Waals surface area contributed by atoms with Crippen LogP contribution in [0.1, 0.15) is 29.6 Å². The molecule has 0 radical (unpaired) electrons. The third-order valence-corrected chi connectivity index (χ3v) is 5.32. The molecule has 1 aromatic heterocycles. The summed E-state index contributed by atoms with van der Waals surface area (Å²) in [5.74, 6) is -0.704. The van der Waals surface area contributed by atoms with Crippen molar-refractivity contribution in [3.05, 3.63) is 29.8 Å². The van der Waals surface area contributed by atoms with E-state index in [1.807, 2.05) is 4.90 Å². The predicted molar refractivity (Wildman–Crippen MR) is 84.7 cm³/mol. The zero-order valence-corrected chi connectivity index (χ0v) is 13.8. The predicted octanol–water partition coefficient (Wildman–Crippen LogP) is 1.79. The van der Waals surface area contributed by atoms with Crippen molar-refractivity contribution in [3.63, 3.8) is 0 Å². The lowest BCUT2D eigenvalue weighted by Gasteiger charge is -2.39. The van der Waals surface area contributed by atoms with E-state index in [2.05, 4.69) is 16.9 Å². The van der Waals surface area contributed by atoms with Crippen molar-refractivity contribution < 1.29 is 13.9 Å². The van der Waals surface area contributed by atoms with Crippen molar-refractivity contribution in [1.29, 1.82) is 0 Å². The van der Waals surface area contributed by atoms with E-state index < -0.39 is 5.95 Å². The summed E-state index contributed by atoms with van der Waals surface area (Å²) in [6.45, 7) is 3.29. The number of hydrogen-bond acceptors (Lipinski definition) is 4. The van der Waals surface area contributed by atoms with Gasteiger partial charge in [-0.25, -0.2) is 4.98 Å². The van der Waals surface area contributed by atoms with Gasteiger partial charge in [-0.3, -0.25) is 4.79 Å². The second-order valence-corrected chi connectivity index (χ2v) is 6.89. The zero-order valence-electron chi connectivity index (χ0n) is 13.8. The molecule has 1 spiro atoms. The van der Waals surface area contributed by atoms with Gasteiger partial charge in [-0.1, -0.05) is 0 Å². The van der Waals surface area contributed by atoms with Crippen LogP contribution in [0.25, 0.3) is 0 Å². The minimum absolute atomic E-state index is 0.0963. The molecular weight excluding hydrogens is 297 g/mol. The van der Waals surface area contributed by atoms with Crippen LogP contribution in [0.4, 0.5) is 4.39 Å². The van der Waals surface area contributed by atoms with Crippen LogP contribution in [0.5, 0.6) is 0 Å². The Bertz CT molecular complexity index is 573. The van der Waals surface area contributed by atoms with E-state index in [1.165, 1.54) is 12.3 Å². The van der Waals surface area contributed by atoms with Gasteiger partial charge in [0.15, 0.2) is 0 Å². The van der Waals surface area contributed by atoms with Gasteiger partial charge in [-0.2, -0.15) is 4.39 Å². The van der Waals surface area contributed by atoms with Gasteiger partial charge in [0.05, 0.1) is 6.61 Å². The van der Waals surface area contributed by atoms with Crippen LogP contribution in [0.3, 0.4) is 0 Å². The first-order valence-corrected chi connectivity index (χ1v) is 8.13. The van der Waals surface area contributed by atoms with Gasteiger partial charge in [0.2, 0.25) is 5.95 Å². The number of rotatable bonds is 3. The van der Waals surface area contributed by atoms with Crippen LogP contribution in [-0.2, 0) is 4.74 Å². The average Bonchev–Trinajstić information content (AvgIpc) is 2.83. The Morgan fingerprint density at radius 3 is 2.87 bits per heavy atom. The highest BCUT2D eigenvalue weighted by atomic mass is 19.1. The van der Waals surface area contributed by atoms with Crippen LogP contribution < -0.4 is 0 Å². The number of amides is 1. The molecule has 2 saturated heterocycles. The zero-order chi connectivity index (χ0) is 16.4. The number of methoxy groups -OCH3 is 1. The molecule has 2 aliphatic heterocycles. The Hall–Kier alpha value is -1.53. The number of pyridine rings is 1. The molecular formula is C17H24FN3O2. The fraction of sp³-hybridized carbons (Fsp3) is 0.647. The minimum atomic E-state index is -0.607. The number of aromatic nitrogens is 1. The summed E-state index contributed by atoms with van der Waals surface area (Å²) in [4.78, 5) is 20.2. The number of halogens is 1. The van der Waals surface area contributed by atoms with Crippen LogP contribution in [0.15, 0.2) is 18.3 Å². The minimum Gasteiger partial charge on any atom is -0.383 e. The highest BCUT2D eigenvalue weighted by molar-refractivity contribution is 5.94. The molecule has 3 rings (SSSR count). The van der Waals surface area contributed by atoms with E-state index in [-0.39, 0.29) is 11.3 Å². The largest absolute Gasteiger partial charge is 0.383 e. The quantitative estimate of drug-likeness (QED) is 0.797. The molecule has 1 atom stereocenters. The Balaban J connectivity index is 1.61. The molecule has 0 N–H and O–H groups in total. The maximum atomic E-state index is 13.2. The van der Waals surface area contributed by atoms with E-state index >= 15 is 0 Å². The number of likely N-dealkylation sites (N-methyl/N-ethyl adjacent to an activating group) is 1. The lowest BCUT2D eigenvalue weighted by molar-refractivity contribution is 0.0591. The SMILES string of the molecule is COC[C@H]1CC2(CCN(C(=O)c3ccnc(F)c3)CC2)CN1C. The summed E-state index contributed by atoms with van der Waals surface area (Å²) in [5, 5.41) is 0. The summed E-state index contributed by atoms with van der Waals surface area (Å²) in [6.07, 6.45) is 4.46. The molecule has 0 aromatic carbocycles. The van der Waals surface area contributed by atoms with Gasteiger partial charge in [0.25, 0.3) is 5.91 Å². The topological polar surface area (TPSA) is 45.7 Å². The highest BCUT2D eigenvalue weighted by Crippen LogP contribution is 2.42. The van der Waals surface area contributed by atoms with Crippen molar-refractivity contribution in [2.24, 2.45) is 5.41 Å². The molecule has 23 heavy (non-hydrogen) atoms. The van der Waals surface area contributed by atoms with Crippen LogP contribution in [0.2, 0.25) is 0 Å². The summed E-state index contributed by atoms with van der Waals surface area (Å²) in [7, 11) is 3.89. The van der Waals surface area contributed by atoms with E-state index in [0.717, 1.165) is 45.5 Å². The molecule has 1 amide bonds. The molecule has 126 valence electrons. The van der Waals surface area contributed by atoms with E-state index in [0.29, 0.717) is 11.6 Å². The van der Waals surface area contributed by atoms with E-state index in [4.69, 9.17) is 4.74 Å². The van der Waals surface area contributed by atoms with Crippen LogP contribution in [-0.4, -0.2) is 67.1 Å². The molecule has 1 aromatic rings. The molecule has 2 fully saturated rings. The van der Waals surface area contributed by atoms with Gasteiger partial charge in [0, 0.05) is 50.6 Å². The van der Waals surface area contributed by atoms with Gasteiger partial charge < -0.3 is 14.5 Å². The highest BCUT2D eigenvalue weighted by Gasteiger charge is 2.44. The first kappa shape index (κ1) is 16.3. The second kappa shape index (κ2) is 6.53. The molecule has 3 heterocycles. The molecule has 6 heteroatoms. The Morgan fingerprint density at radius 2 is 2.22 bits per heavy atom. The van der Waals surface area contributed by atoms with Gasteiger partial charge >= 0.3 is 0 Å². The molecule has 0 aliphatic carbocycles. The maximum absolute atomic E-state index is 13.2. The molecule has 2 aliphatic rings. The number of hydrogen-bond donors (Lipinski definition) is 0. The number of nitrogens with zero attached hydrogens (tertiary/aromatic N) is 3. The summed E-state index contributed by atoms with van der Waals surface area (Å²) >= 11 is 0. The number of likely N-dealkylation sites (tertiary alicyclic amines) is 2. The maximum Gasteiger partial charge on any atom is 0.254 e. The van der Waals surface area contributed by atoms with Crippen molar-refractivity contribution in [2.45, 2.75) is 25.3 Å². The number of carbonyl (C=O) groups is 1. The second-order valence-electron chi connectivity index (χ2n) is 6.89. The van der Waals surface area contributed by atoms with E-state index in [9.17, 15) is 9.18 Å². The standard InChI is InChI=1S/C17H24FN3O2/c1-20-12-17(10-14(20)11-23-2)4-7-21(8-5-17)16(22)13-3-6-19-15(18)9-13/h3,6,9,14H,4-5,7-8,10-12H2,1-2H3/t14-/m1/s1. The van der Waals surface area contributed by atoms with Crippen molar-refractivity contribution in [1.82, 2.24) is 14.8 Å². The fourth-order valence-corrected chi connectivity index (χ4v) is 4.02. The summed E-state index contributed by atoms with van der Waals surface area (Å²) in [6, 6.07) is 3.26. The summed E-state index contributed by atoms with van der Waals surface area (Å²) < 4.78 is 18.5. The molecule has 5 nitrogen and oxygen atoms in total. The monoisotopic (exact) mass is 321 g/mol. The molecule has 0 unspecified atom stereocenters. The number of piperidine rings is 1. The summed E-state index contributed by atoms with van der Waals surface area (Å²) in [5.41, 5.74) is 0.673. The Labute approximate surface area is 136 Å². The average molecular weight is 321 g/mol. The van der Waals surface area contributed by atoms with Crippen molar-refractivity contribution in [3.8, 4) is 0 Å². The molecule has 0 bridgehead atoms. The normalized spacial score (nSPS) is 24.3. The van der Waals surface area contributed by atoms with Crippen LogP contribution in [0, 0.1) is 11.4 Å². The fourth-order valence-electron chi connectivity index (χ4n) is 4.02. The molecule has 0 saturated carbocycles. The van der Waals surface area contributed by atoms with Crippen LogP contribution >= 0.6 is 0 Å². The van der Waals surface area contributed by atoms with Gasteiger partial charge in [-0.15, -0.1) is 0 Å². The third kappa shape index (κ3) is 3.38. The Kier molecular flexibility index (Phi) is 4.64. The first-order valence-electron chi connectivity index (χ1n) is 8.13. The number of carbonyl (C=O) groups excluding carboxylic acids is 1. The van der Waals surface area contributed by atoms with Gasteiger partial charge in [0.1, 0.15) is 0 Å². The lowest BCUT2D eigenvalue weighted by Crippen LogP contribution is -2.44. The smallest absolute Gasteiger partial charge is 0.254 e. The van der Waals surface area contributed by atoms with Crippen molar-refractivity contribution >= 4 is 5.91 Å². The lowest BCUT2D eigenvalue weighted by atomic mass is 9.76. The Morgan fingerprint density at radius 1 is 1.48 bits per heavy atom. The van der Waals surface area contributed by atoms with Crippen molar-refractivity contribution in [2.75, 3.05) is 40.4 Å². The third-order valence-electron chi connectivity index (χ3n) is 5.32. The first-order chi connectivity index (χ1) is 11.0. The van der Waals surface area contributed by atoms with E-state index in [1.54, 1.807) is 13.2 Å². The number of ether oxygens (including phenoxy) is 1.